The molecule has 0 N–H and O–H groups in total. The summed E-state index contributed by atoms with van der Waals surface area (Å²) in [5.74, 6) is 0. The molecule has 0 aliphatic heterocycles. The molecule has 0 atom stereocenters. The Hall–Kier alpha value is -1.63. The first-order chi connectivity index (χ1) is 6.79. The van der Waals surface area contributed by atoms with Crippen molar-refractivity contribution in [2.45, 2.75) is 13.3 Å². The van der Waals surface area contributed by atoms with Crippen molar-refractivity contribution in [1.82, 2.24) is 0 Å². The van der Waals surface area contributed by atoms with Gasteiger partial charge in [-0.05, 0) is 23.3 Å². The van der Waals surface area contributed by atoms with E-state index in [4.69, 9.17) is 0 Å². The van der Waals surface area contributed by atoms with Crippen LogP contribution >= 0.6 is 0 Å². The van der Waals surface area contributed by atoms with Crippen molar-refractivity contribution >= 4 is 17.1 Å². The number of carbonyl (C=O) groups excluding carboxylic acids is 1. The SMILES string of the molecule is Cc1ccc2cc(CC=O)ccc2c1. The van der Waals surface area contributed by atoms with Gasteiger partial charge in [0.2, 0.25) is 0 Å². The quantitative estimate of drug-likeness (QED) is 0.656. The standard InChI is InChI=1S/C13H12O/c1-10-2-4-13-9-11(6-7-14)3-5-12(13)8-10/h2-5,7-9H,6H2,1H3. The summed E-state index contributed by atoms with van der Waals surface area (Å²) in [7, 11) is 0. The van der Waals surface area contributed by atoms with Gasteiger partial charge >= 0.3 is 0 Å². The van der Waals surface area contributed by atoms with Gasteiger partial charge in [0.05, 0.1) is 0 Å². The van der Waals surface area contributed by atoms with Crippen LogP contribution in [0.5, 0.6) is 0 Å². The molecule has 0 spiro atoms. The Labute approximate surface area is 83.4 Å². The molecule has 0 fully saturated rings. The monoisotopic (exact) mass is 184 g/mol. The molecule has 2 aromatic rings. The second-order valence-electron chi connectivity index (χ2n) is 3.56. The molecule has 2 rings (SSSR count). The smallest absolute Gasteiger partial charge is 0.124 e. The van der Waals surface area contributed by atoms with Gasteiger partial charge < -0.3 is 4.79 Å². The Morgan fingerprint density at radius 3 is 2.57 bits per heavy atom. The number of hydrogen-bond acceptors (Lipinski definition) is 1. The summed E-state index contributed by atoms with van der Waals surface area (Å²) in [6.45, 7) is 2.08. The van der Waals surface area contributed by atoms with Crippen LogP contribution in [0.15, 0.2) is 36.4 Å². The molecule has 70 valence electrons. The van der Waals surface area contributed by atoms with Crippen molar-refractivity contribution in [2.24, 2.45) is 0 Å². The first-order valence-corrected chi connectivity index (χ1v) is 4.72. The summed E-state index contributed by atoms with van der Waals surface area (Å²) in [6, 6.07) is 12.5. The summed E-state index contributed by atoms with van der Waals surface area (Å²) in [5, 5.41) is 2.44. The van der Waals surface area contributed by atoms with E-state index >= 15 is 0 Å². The number of aryl methyl sites for hydroxylation is 1. The van der Waals surface area contributed by atoms with Crippen molar-refractivity contribution in [3.8, 4) is 0 Å². The zero-order valence-corrected chi connectivity index (χ0v) is 8.16. The fourth-order valence-electron chi connectivity index (χ4n) is 1.64. The summed E-state index contributed by atoms with van der Waals surface area (Å²) in [5.41, 5.74) is 2.34. The van der Waals surface area contributed by atoms with Crippen molar-refractivity contribution in [3.63, 3.8) is 0 Å². The van der Waals surface area contributed by atoms with Gasteiger partial charge in [-0.1, -0.05) is 42.0 Å². The summed E-state index contributed by atoms with van der Waals surface area (Å²) in [4.78, 5) is 10.4. The van der Waals surface area contributed by atoms with Gasteiger partial charge in [-0.2, -0.15) is 0 Å². The zero-order valence-electron chi connectivity index (χ0n) is 8.16. The number of aldehydes is 1. The molecular formula is C13H12O. The van der Waals surface area contributed by atoms with Crippen LogP contribution in [0.1, 0.15) is 11.1 Å². The minimum absolute atomic E-state index is 0.504. The van der Waals surface area contributed by atoms with Crippen molar-refractivity contribution in [1.29, 1.82) is 0 Å². The lowest BCUT2D eigenvalue weighted by molar-refractivity contribution is -0.107. The minimum Gasteiger partial charge on any atom is -0.303 e. The third kappa shape index (κ3) is 1.67. The van der Waals surface area contributed by atoms with Crippen LogP contribution in [0.3, 0.4) is 0 Å². The zero-order chi connectivity index (χ0) is 9.97. The van der Waals surface area contributed by atoms with Gasteiger partial charge in [0.15, 0.2) is 0 Å². The normalized spacial score (nSPS) is 10.4. The molecule has 0 saturated carbocycles. The van der Waals surface area contributed by atoms with E-state index in [0.717, 1.165) is 11.8 Å². The molecule has 1 heteroatoms. The van der Waals surface area contributed by atoms with Crippen LogP contribution in [-0.2, 0) is 11.2 Å². The molecule has 1 nitrogen and oxygen atoms in total. The van der Waals surface area contributed by atoms with Crippen molar-refractivity contribution in [2.75, 3.05) is 0 Å². The summed E-state index contributed by atoms with van der Waals surface area (Å²) in [6.07, 6.45) is 1.44. The molecule has 0 aliphatic carbocycles. The number of benzene rings is 2. The fraction of sp³-hybridized carbons (Fsp3) is 0.154. The highest BCUT2D eigenvalue weighted by molar-refractivity contribution is 5.84. The molecule has 0 aliphatic rings. The molecule has 2 aromatic carbocycles. The molecular weight excluding hydrogens is 172 g/mol. The largest absolute Gasteiger partial charge is 0.303 e. The molecule has 14 heavy (non-hydrogen) atoms. The van der Waals surface area contributed by atoms with Gasteiger partial charge in [-0.25, -0.2) is 0 Å². The highest BCUT2D eigenvalue weighted by Gasteiger charge is 1.96. The van der Waals surface area contributed by atoms with E-state index in [1.54, 1.807) is 0 Å². The fourth-order valence-corrected chi connectivity index (χ4v) is 1.64. The van der Waals surface area contributed by atoms with Gasteiger partial charge in [0.1, 0.15) is 6.29 Å². The summed E-state index contributed by atoms with van der Waals surface area (Å²) < 4.78 is 0. The maximum atomic E-state index is 10.4. The van der Waals surface area contributed by atoms with E-state index in [2.05, 4.69) is 37.3 Å². The summed E-state index contributed by atoms with van der Waals surface area (Å²) >= 11 is 0. The van der Waals surface area contributed by atoms with Crippen LogP contribution < -0.4 is 0 Å². The lowest BCUT2D eigenvalue weighted by Gasteiger charge is -2.01. The topological polar surface area (TPSA) is 17.1 Å². The number of carbonyl (C=O) groups is 1. The van der Waals surface area contributed by atoms with E-state index in [0.29, 0.717) is 6.42 Å². The Morgan fingerprint density at radius 2 is 1.79 bits per heavy atom. The Balaban J connectivity index is 2.55. The molecule has 0 unspecified atom stereocenters. The van der Waals surface area contributed by atoms with E-state index in [-0.39, 0.29) is 0 Å². The third-order valence-corrected chi connectivity index (χ3v) is 2.38. The lowest BCUT2D eigenvalue weighted by atomic mass is 10.0. The van der Waals surface area contributed by atoms with E-state index in [9.17, 15) is 4.79 Å². The number of hydrogen-bond donors (Lipinski definition) is 0. The lowest BCUT2D eigenvalue weighted by Crippen LogP contribution is -1.85. The van der Waals surface area contributed by atoms with Gasteiger partial charge in [0, 0.05) is 6.42 Å². The predicted octanol–water partition coefficient (Wildman–Crippen LogP) is 2.89. The average molecular weight is 184 g/mol. The second-order valence-corrected chi connectivity index (χ2v) is 3.56. The van der Waals surface area contributed by atoms with Crippen molar-refractivity contribution in [3.05, 3.63) is 47.5 Å². The maximum Gasteiger partial charge on any atom is 0.124 e. The van der Waals surface area contributed by atoms with Gasteiger partial charge in [-0.3, -0.25) is 0 Å². The van der Waals surface area contributed by atoms with Crippen molar-refractivity contribution < 1.29 is 4.79 Å². The average Bonchev–Trinajstić information content (AvgIpc) is 2.19. The number of fused-ring (bicyclic) bond motifs is 1. The molecule has 0 aromatic heterocycles. The first-order valence-electron chi connectivity index (χ1n) is 4.72. The Bertz CT molecular complexity index is 472. The third-order valence-electron chi connectivity index (χ3n) is 2.38. The highest BCUT2D eigenvalue weighted by Crippen LogP contribution is 2.17. The Kier molecular flexibility index (Phi) is 2.32. The number of rotatable bonds is 2. The van der Waals surface area contributed by atoms with E-state index in [1.807, 2.05) is 6.07 Å². The second kappa shape index (κ2) is 3.62. The molecule has 0 amide bonds. The molecule has 0 saturated heterocycles. The maximum absolute atomic E-state index is 10.4. The molecule has 0 bridgehead atoms. The van der Waals surface area contributed by atoms with Crippen LogP contribution in [-0.4, -0.2) is 6.29 Å². The van der Waals surface area contributed by atoms with Gasteiger partial charge in [-0.15, -0.1) is 0 Å². The van der Waals surface area contributed by atoms with Crippen LogP contribution in [0.2, 0.25) is 0 Å². The van der Waals surface area contributed by atoms with E-state index < -0.39 is 0 Å². The van der Waals surface area contributed by atoms with Crippen LogP contribution in [0.4, 0.5) is 0 Å². The minimum atomic E-state index is 0.504. The predicted molar refractivity (Wildman–Crippen MR) is 58.5 cm³/mol. The molecule has 0 radical (unpaired) electrons. The first kappa shape index (κ1) is 8.95. The van der Waals surface area contributed by atoms with Crippen LogP contribution in [0, 0.1) is 6.92 Å². The Morgan fingerprint density at radius 1 is 1.07 bits per heavy atom. The molecule has 0 heterocycles. The van der Waals surface area contributed by atoms with E-state index in [1.165, 1.54) is 16.3 Å². The van der Waals surface area contributed by atoms with Crippen LogP contribution in [0.25, 0.3) is 10.8 Å². The highest BCUT2D eigenvalue weighted by atomic mass is 16.1. The van der Waals surface area contributed by atoms with Gasteiger partial charge in [0.25, 0.3) is 0 Å².